The van der Waals surface area contributed by atoms with Gasteiger partial charge in [-0.3, -0.25) is 0 Å². The Kier molecular flexibility index (Phi) is 8.04. The molecule has 0 unspecified atom stereocenters. The predicted molar refractivity (Wildman–Crippen MR) is 142 cm³/mol. The van der Waals surface area contributed by atoms with Gasteiger partial charge in [-0.15, -0.1) is 0 Å². The summed E-state index contributed by atoms with van der Waals surface area (Å²) >= 11 is 0. The van der Waals surface area contributed by atoms with E-state index in [4.69, 9.17) is 14.8 Å². The van der Waals surface area contributed by atoms with E-state index in [-0.39, 0.29) is 17.5 Å². The summed E-state index contributed by atoms with van der Waals surface area (Å²) in [6.45, 7) is 4.74. The van der Waals surface area contributed by atoms with Gasteiger partial charge >= 0.3 is 0 Å². The zero-order valence-corrected chi connectivity index (χ0v) is 22.2. The van der Waals surface area contributed by atoms with Crippen molar-refractivity contribution < 1.29 is 18.3 Å². The van der Waals surface area contributed by atoms with Crippen LogP contribution in [0, 0.1) is 5.92 Å². The van der Waals surface area contributed by atoms with Crippen LogP contribution in [-0.4, -0.2) is 77.0 Å². The van der Waals surface area contributed by atoms with Gasteiger partial charge < -0.3 is 15.2 Å². The molecule has 10 nitrogen and oxygen atoms in total. The summed E-state index contributed by atoms with van der Waals surface area (Å²) in [5.74, 6) is 0.934. The number of aliphatic hydroxyl groups excluding tert-OH is 1. The molecular weight excluding hydrogens is 492 g/mol. The number of nitrogens with zero attached hydrogens (tertiary/aromatic N) is 5. The zero-order valence-electron chi connectivity index (χ0n) is 21.3. The van der Waals surface area contributed by atoms with Crippen LogP contribution >= 0.6 is 0 Å². The Morgan fingerprint density at radius 2 is 1.84 bits per heavy atom. The molecule has 0 amide bonds. The number of nitrogens with one attached hydrogen (secondary N) is 1. The minimum Gasteiger partial charge on any atom is -0.396 e. The van der Waals surface area contributed by atoms with Crippen molar-refractivity contribution in [2.45, 2.75) is 56.4 Å². The molecule has 3 heterocycles. The SMILES string of the molecule is CCCCNc1ncc2c(-c3ccc(S(=O)(=O)N4CCOCC4)cc3)nn(C3CCC(CO)CC3)c2n1. The van der Waals surface area contributed by atoms with Gasteiger partial charge in [-0.1, -0.05) is 25.5 Å². The molecule has 1 aromatic carbocycles. The number of hydrogen-bond acceptors (Lipinski definition) is 8. The van der Waals surface area contributed by atoms with E-state index in [9.17, 15) is 13.5 Å². The van der Waals surface area contributed by atoms with Crippen LogP contribution in [0.1, 0.15) is 51.5 Å². The summed E-state index contributed by atoms with van der Waals surface area (Å²) in [5.41, 5.74) is 2.35. The summed E-state index contributed by atoms with van der Waals surface area (Å²) in [4.78, 5) is 9.65. The van der Waals surface area contributed by atoms with Gasteiger partial charge in [0.25, 0.3) is 0 Å². The molecular formula is C26H36N6O4S. The van der Waals surface area contributed by atoms with E-state index in [1.807, 2.05) is 23.0 Å². The van der Waals surface area contributed by atoms with Gasteiger partial charge in [-0.25, -0.2) is 18.1 Å². The lowest BCUT2D eigenvalue weighted by atomic mass is 9.87. The molecule has 200 valence electrons. The third-order valence-electron chi connectivity index (χ3n) is 7.42. The highest BCUT2D eigenvalue weighted by molar-refractivity contribution is 7.89. The number of sulfonamides is 1. The zero-order chi connectivity index (χ0) is 25.8. The predicted octanol–water partition coefficient (Wildman–Crippen LogP) is 3.45. The maximum atomic E-state index is 13.1. The van der Waals surface area contributed by atoms with Gasteiger partial charge in [-0.2, -0.15) is 14.4 Å². The van der Waals surface area contributed by atoms with Crippen LogP contribution in [0.4, 0.5) is 5.95 Å². The molecule has 1 aliphatic carbocycles. The van der Waals surface area contributed by atoms with Crippen molar-refractivity contribution in [2.24, 2.45) is 5.92 Å². The Balaban J connectivity index is 1.48. The van der Waals surface area contributed by atoms with E-state index in [0.29, 0.717) is 38.2 Å². The number of anilines is 1. The Morgan fingerprint density at radius 1 is 1.11 bits per heavy atom. The second-order valence-corrected chi connectivity index (χ2v) is 11.8. The van der Waals surface area contributed by atoms with Gasteiger partial charge in [0.1, 0.15) is 5.69 Å². The number of aliphatic hydroxyl groups is 1. The van der Waals surface area contributed by atoms with Crippen LogP contribution < -0.4 is 5.32 Å². The van der Waals surface area contributed by atoms with Crippen LogP contribution in [0.25, 0.3) is 22.3 Å². The lowest BCUT2D eigenvalue weighted by Crippen LogP contribution is -2.40. The van der Waals surface area contributed by atoms with Gasteiger partial charge in [0.2, 0.25) is 16.0 Å². The number of morpholine rings is 1. The standard InChI is InChI=1S/C26H36N6O4S/c1-2-3-12-27-26-28-17-23-24(30-32(25(23)29-26)21-8-4-19(18-33)5-9-21)20-6-10-22(11-7-20)37(34,35)31-13-15-36-16-14-31/h6-7,10-11,17,19,21,33H,2-5,8-9,12-16,18H2,1H3,(H,27,28,29). The molecule has 2 fully saturated rings. The first-order valence-corrected chi connectivity index (χ1v) is 14.7. The lowest BCUT2D eigenvalue weighted by Gasteiger charge is -2.27. The molecule has 11 heteroatoms. The molecule has 2 aromatic heterocycles. The number of benzene rings is 1. The van der Waals surface area contributed by atoms with Crippen LogP contribution in [-0.2, 0) is 14.8 Å². The Labute approximate surface area is 218 Å². The maximum Gasteiger partial charge on any atom is 0.243 e. The highest BCUT2D eigenvalue weighted by Crippen LogP contribution is 2.36. The van der Waals surface area contributed by atoms with E-state index in [1.54, 1.807) is 12.1 Å². The molecule has 0 spiro atoms. The first-order valence-electron chi connectivity index (χ1n) is 13.3. The third kappa shape index (κ3) is 5.50. The van der Waals surface area contributed by atoms with Gasteiger partial charge in [0.05, 0.1) is 29.5 Å². The van der Waals surface area contributed by atoms with Crippen LogP contribution in [0.5, 0.6) is 0 Å². The highest BCUT2D eigenvalue weighted by Gasteiger charge is 2.28. The topological polar surface area (TPSA) is 122 Å². The molecule has 2 N–H and O–H groups in total. The lowest BCUT2D eigenvalue weighted by molar-refractivity contribution is 0.0730. The van der Waals surface area contributed by atoms with E-state index in [2.05, 4.69) is 17.2 Å². The van der Waals surface area contributed by atoms with Crippen molar-refractivity contribution >= 4 is 27.0 Å². The maximum absolute atomic E-state index is 13.1. The highest BCUT2D eigenvalue weighted by atomic mass is 32.2. The van der Waals surface area contributed by atoms with Gasteiger partial charge in [0, 0.05) is 38.0 Å². The summed E-state index contributed by atoms with van der Waals surface area (Å²) in [7, 11) is -3.57. The van der Waals surface area contributed by atoms with E-state index >= 15 is 0 Å². The van der Waals surface area contributed by atoms with Crippen LogP contribution in [0.3, 0.4) is 0 Å². The largest absolute Gasteiger partial charge is 0.396 e. The number of aromatic nitrogens is 4. The van der Waals surface area contributed by atoms with Gasteiger partial charge in [0.15, 0.2) is 5.65 Å². The molecule has 3 aromatic rings. The van der Waals surface area contributed by atoms with Crippen molar-refractivity contribution in [3.05, 3.63) is 30.5 Å². The Bertz CT molecular complexity index is 1300. The number of ether oxygens (including phenoxy) is 1. The van der Waals surface area contributed by atoms with E-state index in [0.717, 1.165) is 67.4 Å². The van der Waals surface area contributed by atoms with Crippen LogP contribution in [0.15, 0.2) is 35.4 Å². The minimum absolute atomic E-state index is 0.193. The molecule has 1 saturated carbocycles. The second-order valence-electron chi connectivity index (χ2n) is 9.90. The normalized spacial score (nSPS) is 21.4. The second kappa shape index (κ2) is 11.4. The summed E-state index contributed by atoms with van der Waals surface area (Å²) < 4.78 is 34.9. The molecule has 0 radical (unpaired) electrons. The first kappa shape index (κ1) is 26.0. The van der Waals surface area contributed by atoms with E-state index < -0.39 is 10.0 Å². The average Bonchev–Trinajstić information content (AvgIpc) is 3.33. The smallest absolute Gasteiger partial charge is 0.243 e. The molecule has 2 aliphatic rings. The molecule has 37 heavy (non-hydrogen) atoms. The fourth-order valence-electron chi connectivity index (χ4n) is 5.15. The van der Waals surface area contributed by atoms with Crippen molar-refractivity contribution in [3.63, 3.8) is 0 Å². The molecule has 1 aliphatic heterocycles. The fraction of sp³-hybridized carbons (Fsp3) is 0.577. The monoisotopic (exact) mass is 528 g/mol. The molecule has 1 saturated heterocycles. The average molecular weight is 529 g/mol. The van der Waals surface area contributed by atoms with E-state index in [1.165, 1.54) is 4.31 Å². The Morgan fingerprint density at radius 3 is 2.51 bits per heavy atom. The summed E-state index contributed by atoms with van der Waals surface area (Å²) in [6.07, 6.45) is 7.71. The van der Waals surface area contributed by atoms with Gasteiger partial charge in [-0.05, 0) is 50.2 Å². The van der Waals surface area contributed by atoms with Crippen molar-refractivity contribution in [3.8, 4) is 11.3 Å². The molecule has 0 atom stereocenters. The summed E-state index contributed by atoms with van der Waals surface area (Å²) in [6, 6.07) is 7.13. The fourth-order valence-corrected chi connectivity index (χ4v) is 6.55. The third-order valence-corrected chi connectivity index (χ3v) is 9.33. The van der Waals surface area contributed by atoms with Crippen molar-refractivity contribution in [1.82, 2.24) is 24.1 Å². The first-order chi connectivity index (χ1) is 18.0. The number of hydrogen-bond donors (Lipinski definition) is 2. The number of rotatable bonds is 9. The van der Waals surface area contributed by atoms with Crippen molar-refractivity contribution in [1.29, 1.82) is 0 Å². The number of fused-ring (bicyclic) bond motifs is 1. The molecule has 5 rings (SSSR count). The van der Waals surface area contributed by atoms with Crippen LogP contribution in [0.2, 0.25) is 0 Å². The molecule has 0 bridgehead atoms. The Hall–Kier alpha value is -2.60. The summed E-state index contributed by atoms with van der Waals surface area (Å²) in [5, 5.41) is 18.7. The van der Waals surface area contributed by atoms with Crippen molar-refractivity contribution in [2.75, 3.05) is 44.8 Å². The minimum atomic E-state index is -3.57. The number of unbranched alkanes of at least 4 members (excludes halogenated alkanes) is 1. The quantitative estimate of drug-likeness (QED) is 0.405.